The summed E-state index contributed by atoms with van der Waals surface area (Å²) in [7, 11) is 2.38. The van der Waals surface area contributed by atoms with Crippen LogP contribution in [0.1, 0.15) is 12.8 Å². The van der Waals surface area contributed by atoms with E-state index in [4.69, 9.17) is 24.7 Å². The molecule has 14 heavy (non-hydrogen) atoms. The molecule has 0 aliphatic heterocycles. The molecule has 4 N–H and O–H groups in total. The quantitative estimate of drug-likeness (QED) is 0.562. The molecule has 0 amide bonds. The average molecular weight is 222 g/mol. The first-order valence-corrected chi connectivity index (χ1v) is 6.68. The van der Waals surface area contributed by atoms with E-state index in [1.54, 1.807) is 21.3 Å². The minimum atomic E-state index is -2.43. The summed E-state index contributed by atoms with van der Waals surface area (Å²) in [6.07, 6.45) is 1.64. The molecule has 0 saturated carbocycles. The van der Waals surface area contributed by atoms with Crippen LogP contribution in [0.3, 0.4) is 0 Å². The Hall–Kier alpha value is 0.0169. The average Bonchev–Trinajstić information content (AvgIpc) is 2.21. The van der Waals surface area contributed by atoms with Crippen LogP contribution < -0.4 is 11.5 Å². The van der Waals surface area contributed by atoms with Gasteiger partial charge < -0.3 is 24.7 Å². The Morgan fingerprint density at radius 3 is 1.93 bits per heavy atom. The zero-order valence-corrected chi connectivity index (χ0v) is 10.3. The highest BCUT2D eigenvalue weighted by Gasteiger charge is 2.37. The lowest BCUT2D eigenvalue weighted by molar-refractivity contribution is 0.122. The molecule has 0 aromatic heterocycles. The van der Waals surface area contributed by atoms with E-state index < -0.39 is 8.80 Å². The van der Waals surface area contributed by atoms with Crippen molar-refractivity contribution >= 4 is 8.80 Å². The van der Waals surface area contributed by atoms with Gasteiger partial charge in [-0.05, 0) is 19.4 Å². The van der Waals surface area contributed by atoms with E-state index in [0.29, 0.717) is 6.54 Å². The predicted octanol–water partition coefficient (Wildman–Crippen LogP) is -0.0693. The van der Waals surface area contributed by atoms with E-state index in [1.807, 2.05) is 0 Å². The molecule has 6 heteroatoms. The molecule has 0 rings (SSSR count). The van der Waals surface area contributed by atoms with Gasteiger partial charge in [-0.1, -0.05) is 0 Å². The molecule has 0 aromatic rings. The Morgan fingerprint density at radius 2 is 1.57 bits per heavy atom. The van der Waals surface area contributed by atoms with Gasteiger partial charge in [0.25, 0.3) is 0 Å². The largest absolute Gasteiger partial charge is 0.500 e. The van der Waals surface area contributed by atoms with Crippen LogP contribution in [-0.2, 0) is 13.3 Å². The smallest absolute Gasteiger partial charge is 0.377 e. The fraction of sp³-hybridized carbons (Fsp3) is 1.00. The molecule has 0 fully saturated rings. The predicted molar refractivity (Wildman–Crippen MR) is 57.9 cm³/mol. The summed E-state index contributed by atoms with van der Waals surface area (Å²) in [5, 5.41) is 0. The molecular formula is C8H22N2O3Si. The maximum atomic E-state index is 5.83. The molecule has 0 bridgehead atoms. The van der Waals surface area contributed by atoms with Crippen LogP contribution in [0.4, 0.5) is 0 Å². The maximum Gasteiger partial charge on any atom is 0.500 e. The van der Waals surface area contributed by atoms with Gasteiger partial charge in [0.05, 0.1) is 0 Å². The second kappa shape index (κ2) is 7.33. The maximum absolute atomic E-state index is 5.83. The van der Waals surface area contributed by atoms with Gasteiger partial charge in [-0.25, -0.2) is 0 Å². The van der Waals surface area contributed by atoms with Crippen molar-refractivity contribution in [2.45, 2.75) is 24.9 Å². The molecule has 0 saturated heterocycles. The van der Waals surface area contributed by atoms with E-state index in [1.165, 1.54) is 0 Å². The van der Waals surface area contributed by atoms with E-state index >= 15 is 0 Å². The van der Waals surface area contributed by atoms with E-state index in [9.17, 15) is 0 Å². The second-order valence-electron chi connectivity index (χ2n) is 3.17. The monoisotopic (exact) mass is 222 g/mol. The number of hydrogen-bond acceptors (Lipinski definition) is 5. The van der Waals surface area contributed by atoms with Gasteiger partial charge in [0.15, 0.2) is 0 Å². The second-order valence-corrected chi connectivity index (χ2v) is 6.26. The first-order valence-electron chi connectivity index (χ1n) is 4.75. The van der Waals surface area contributed by atoms with Gasteiger partial charge in [-0.2, -0.15) is 0 Å². The number of rotatable bonds is 8. The lowest BCUT2D eigenvalue weighted by Gasteiger charge is -2.25. The summed E-state index contributed by atoms with van der Waals surface area (Å²) >= 11 is 0. The Morgan fingerprint density at radius 1 is 1.07 bits per heavy atom. The normalized spacial score (nSPS) is 14.4. The lowest BCUT2D eigenvalue weighted by atomic mass is 10.2. The van der Waals surface area contributed by atoms with Crippen LogP contribution in [0, 0.1) is 0 Å². The molecule has 86 valence electrons. The highest BCUT2D eigenvalue weighted by atomic mass is 28.4. The van der Waals surface area contributed by atoms with Crippen molar-refractivity contribution in [3.8, 4) is 0 Å². The minimum absolute atomic E-state index is 0.104. The Balaban J connectivity index is 3.92. The number of hydrogen-bond donors (Lipinski definition) is 2. The van der Waals surface area contributed by atoms with Crippen LogP contribution in [0.2, 0.25) is 6.04 Å². The summed E-state index contributed by atoms with van der Waals surface area (Å²) in [5.74, 6) is 0. The van der Waals surface area contributed by atoms with Crippen molar-refractivity contribution in [1.82, 2.24) is 0 Å². The Bertz CT molecular complexity index is 136. The molecular weight excluding hydrogens is 200 g/mol. The summed E-state index contributed by atoms with van der Waals surface area (Å²) in [6, 6.07) is 0.838. The zero-order chi connectivity index (χ0) is 11.0. The van der Waals surface area contributed by atoms with Crippen molar-refractivity contribution in [1.29, 1.82) is 0 Å². The van der Waals surface area contributed by atoms with Crippen molar-refractivity contribution in [2.24, 2.45) is 11.5 Å². The highest BCUT2D eigenvalue weighted by Crippen LogP contribution is 2.16. The third-order valence-corrected chi connectivity index (χ3v) is 5.06. The van der Waals surface area contributed by atoms with Crippen molar-refractivity contribution in [3.63, 3.8) is 0 Å². The topological polar surface area (TPSA) is 79.7 Å². The molecule has 1 atom stereocenters. The molecule has 5 nitrogen and oxygen atoms in total. The van der Waals surface area contributed by atoms with Crippen molar-refractivity contribution in [2.75, 3.05) is 27.9 Å². The molecule has 0 aliphatic rings. The first-order chi connectivity index (χ1) is 6.64. The van der Waals surface area contributed by atoms with E-state index in [-0.39, 0.29) is 6.04 Å². The summed E-state index contributed by atoms with van der Waals surface area (Å²) < 4.78 is 15.8. The third kappa shape index (κ3) is 4.49. The van der Waals surface area contributed by atoms with E-state index in [0.717, 1.165) is 18.9 Å². The third-order valence-electron chi connectivity index (χ3n) is 2.29. The first kappa shape index (κ1) is 14.0. The minimum Gasteiger partial charge on any atom is -0.377 e. The number of nitrogens with two attached hydrogens (primary N) is 2. The molecule has 0 spiro atoms. The van der Waals surface area contributed by atoms with Gasteiger partial charge in [0.1, 0.15) is 0 Å². The molecule has 0 unspecified atom stereocenters. The van der Waals surface area contributed by atoms with Crippen LogP contribution in [0.15, 0.2) is 0 Å². The Kier molecular flexibility index (Phi) is 7.34. The van der Waals surface area contributed by atoms with Gasteiger partial charge >= 0.3 is 8.80 Å². The van der Waals surface area contributed by atoms with Crippen molar-refractivity contribution < 1.29 is 13.3 Å². The Labute approximate surface area is 87.1 Å². The highest BCUT2D eigenvalue weighted by molar-refractivity contribution is 6.60. The fourth-order valence-corrected chi connectivity index (χ4v) is 3.11. The molecule has 0 heterocycles. The molecule has 0 aliphatic carbocycles. The zero-order valence-electron chi connectivity index (χ0n) is 9.29. The standard InChI is InChI=1S/C8H22N2O3Si/c1-11-14(12-2,13-3)7-5-8(10)4-6-9/h8H,4-7,9-10H2,1-3H3/t8-/m1/s1. The van der Waals surface area contributed by atoms with Gasteiger partial charge in [-0.3, -0.25) is 0 Å². The van der Waals surface area contributed by atoms with Crippen LogP contribution in [0.5, 0.6) is 0 Å². The van der Waals surface area contributed by atoms with Crippen LogP contribution in [-0.4, -0.2) is 42.7 Å². The molecule has 0 aromatic carbocycles. The van der Waals surface area contributed by atoms with Gasteiger partial charge in [0.2, 0.25) is 0 Å². The van der Waals surface area contributed by atoms with Crippen LogP contribution >= 0.6 is 0 Å². The summed E-state index contributed by atoms with van der Waals surface area (Å²) in [4.78, 5) is 0. The summed E-state index contributed by atoms with van der Waals surface area (Å²) in [6.45, 7) is 0.614. The van der Waals surface area contributed by atoms with Crippen LogP contribution in [0.25, 0.3) is 0 Å². The van der Waals surface area contributed by atoms with Gasteiger partial charge in [0, 0.05) is 33.4 Å². The summed E-state index contributed by atoms with van der Waals surface area (Å²) in [5.41, 5.74) is 11.2. The molecule has 0 radical (unpaired) electrons. The SMILES string of the molecule is CO[Si](CC[C@H](N)CCN)(OC)OC. The van der Waals surface area contributed by atoms with Crippen molar-refractivity contribution in [3.05, 3.63) is 0 Å². The fourth-order valence-electron chi connectivity index (χ4n) is 1.28. The van der Waals surface area contributed by atoms with E-state index in [2.05, 4.69) is 0 Å². The van der Waals surface area contributed by atoms with Gasteiger partial charge in [-0.15, -0.1) is 0 Å². The lowest BCUT2D eigenvalue weighted by Crippen LogP contribution is -2.44.